The van der Waals surface area contributed by atoms with Gasteiger partial charge in [0, 0.05) is 24.9 Å². The molecule has 1 N–H and O–H groups in total. The minimum absolute atomic E-state index is 0.0376. The fourth-order valence-corrected chi connectivity index (χ4v) is 0.982. The van der Waals surface area contributed by atoms with Crippen molar-refractivity contribution < 1.29 is 19.0 Å². The van der Waals surface area contributed by atoms with E-state index in [1.54, 1.807) is 7.05 Å². The molecule has 1 amide bonds. The first-order chi connectivity index (χ1) is 8.81. The molecule has 0 saturated heterocycles. The van der Waals surface area contributed by atoms with E-state index in [1.165, 1.54) is 0 Å². The van der Waals surface area contributed by atoms with Crippen molar-refractivity contribution in [1.82, 2.24) is 5.32 Å². The van der Waals surface area contributed by atoms with E-state index >= 15 is 0 Å². The van der Waals surface area contributed by atoms with Crippen LogP contribution in [0.3, 0.4) is 0 Å². The minimum atomic E-state index is -0.0376. The molecule has 8 heteroatoms. The number of azide groups is 1. The number of carbonyl (C=O) groups is 1. The Morgan fingerprint density at radius 2 is 1.67 bits per heavy atom. The minimum Gasteiger partial charge on any atom is -0.379 e. The van der Waals surface area contributed by atoms with Crippen LogP contribution < -0.4 is 5.32 Å². The van der Waals surface area contributed by atoms with E-state index in [9.17, 15) is 4.79 Å². The summed E-state index contributed by atoms with van der Waals surface area (Å²) in [7, 11) is 1.59. The van der Waals surface area contributed by atoms with Gasteiger partial charge < -0.3 is 19.5 Å². The lowest BCUT2D eigenvalue weighted by Gasteiger charge is -2.05. The lowest BCUT2D eigenvalue weighted by atomic mass is 10.4. The van der Waals surface area contributed by atoms with Crippen molar-refractivity contribution in [2.45, 2.75) is 6.42 Å². The third-order valence-corrected chi connectivity index (χ3v) is 1.90. The molecule has 0 aromatic carbocycles. The quantitative estimate of drug-likeness (QED) is 0.238. The monoisotopic (exact) mass is 260 g/mol. The molecular formula is C10H20N4O4. The fourth-order valence-electron chi connectivity index (χ4n) is 0.982. The number of rotatable bonds is 12. The number of amides is 1. The predicted octanol–water partition coefficient (Wildman–Crippen LogP) is 0.483. The molecule has 0 atom stereocenters. The summed E-state index contributed by atoms with van der Waals surface area (Å²) < 4.78 is 15.5. The van der Waals surface area contributed by atoms with Crippen LogP contribution in [0.2, 0.25) is 0 Å². The summed E-state index contributed by atoms with van der Waals surface area (Å²) in [5.41, 5.74) is 8.00. The average Bonchev–Trinajstić information content (AvgIpc) is 2.39. The van der Waals surface area contributed by atoms with Gasteiger partial charge in [0.15, 0.2) is 0 Å². The van der Waals surface area contributed by atoms with Gasteiger partial charge in [0.1, 0.15) is 0 Å². The number of nitrogens with zero attached hydrogens (tertiary/aromatic N) is 3. The Labute approximate surface area is 106 Å². The van der Waals surface area contributed by atoms with Crippen molar-refractivity contribution >= 4 is 5.91 Å². The molecule has 0 fully saturated rings. The van der Waals surface area contributed by atoms with Crippen molar-refractivity contribution in [1.29, 1.82) is 0 Å². The van der Waals surface area contributed by atoms with Crippen LogP contribution in [0.1, 0.15) is 6.42 Å². The largest absolute Gasteiger partial charge is 0.379 e. The van der Waals surface area contributed by atoms with Crippen LogP contribution in [0, 0.1) is 0 Å². The van der Waals surface area contributed by atoms with Gasteiger partial charge in [-0.05, 0) is 5.53 Å². The van der Waals surface area contributed by atoms with Crippen LogP contribution in [0.4, 0.5) is 0 Å². The zero-order chi connectivity index (χ0) is 13.5. The number of carbonyl (C=O) groups excluding carboxylic acids is 1. The molecule has 0 aromatic rings. The molecule has 0 bridgehead atoms. The highest BCUT2D eigenvalue weighted by molar-refractivity contribution is 5.75. The average molecular weight is 260 g/mol. The summed E-state index contributed by atoms with van der Waals surface area (Å²) in [5.74, 6) is -0.0376. The zero-order valence-corrected chi connectivity index (χ0v) is 10.6. The summed E-state index contributed by atoms with van der Waals surface area (Å²) in [6.45, 7) is 2.97. The molecular weight excluding hydrogens is 240 g/mol. The second-order valence-electron chi connectivity index (χ2n) is 3.21. The molecule has 18 heavy (non-hydrogen) atoms. The zero-order valence-electron chi connectivity index (χ0n) is 10.6. The van der Waals surface area contributed by atoms with E-state index in [-0.39, 0.29) is 5.91 Å². The maximum absolute atomic E-state index is 10.8. The highest BCUT2D eigenvalue weighted by Crippen LogP contribution is 1.85. The van der Waals surface area contributed by atoms with Crippen LogP contribution >= 0.6 is 0 Å². The molecule has 104 valence electrons. The van der Waals surface area contributed by atoms with Crippen molar-refractivity contribution in [2.75, 3.05) is 53.2 Å². The third-order valence-electron chi connectivity index (χ3n) is 1.90. The van der Waals surface area contributed by atoms with E-state index < -0.39 is 0 Å². The highest BCUT2D eigenvalue weighted by atomic mass is 16.5. The Hall–Kier alpha value is -1.34. The first-order valence-corrected chi connectivity index (χ1v) is 5.76. The van der Waals surface area contributed by atoms with Crippen LogP contribution in [0.5, 0.6) is 0 Å². The van der Waals surface area contributed by atoms with Crippen LogP contribution in [0.25, 0.3) is 10.4 Å². The van der Waals surface area contributed by atoms with Gasteiger partial charge in [-0.3, -0.25) is 4.79 Å². The fraction of sp³-hybridized carbons (Fsp3) is 0.900. The van der Waals surface area contributed by atoms with Crippen LogP contribution in [0.15, 0.2) is 5.11 Å². The smallest absolute Gasteiger partial charge is 0.222 e. The summed E-state index contributed by atoms with van der Waals surface area (Å²) in [6.07, 6.45) is 0.360. The number of nitrogens with one attached hydrogen (secondary N) is 1. The summed E-state index contributed by atoms with van der Waals surface area (Å²) in [4.78, 5) is 13.4. The molecule has 0 aliphatic rings. The summed E-state index contributed by atoms with van der Waals surface area (Å²) in [5, 5.41) is 5.83. The summed E-state index contributed by atoms with van der Waals surface area (Å²) in [6, 6.07) is 0. The van der Waals surface area contributed by atoms with Gasteiger partial charge in [-0.15, -0.1) is 0 Å². The van der Waals surface area contributed by atoms with Gasteiger partial charge >= 0.3 is 0 Å². The predicted molar refractivity (Wildman–Crippen MR) is 65.2 cm³/mol. The Bertz CT molecular complexity index is 256. The molecule has 0 aliphatic heterocycles. The van der Waals surface area contributed by atoms with Crippen molar-refractivity contribution in [2.24, 2.45) is 5.11 Å². The normalized spacial score (nSPS) is 9.83. The van der Waals surface area contributed by atoms with Gasteiger partial charge in [-0.25, -0.2) is 0 Å². The maximum atomic E-state index is 10.8. The number of ether oxygens (including phenoxy) is 3. The summed E-state index contributed by atoms with van der Waals surface area (Å²) >= 11 is 0. The van der Waals surface area contributed by atoms with Gasteiger partial charge in [-0.2, -0.15) is 0 Å². The van der Waals surface area contributed by atoms with Gasteiger partial charge in [0.05, 0.1) is 39.6 Å². The topological polar surface area (TPSA) is 106 Å². The number of hydrogen-bond acceptors (Lipinski definition) is 5. The van der Waals surface area contributed by atoms with Crippen molar-refractivity contribution in [3.8, 4) is 0 Å². The number of hydrogen-bond donors (Lipinski definition) is 1. The van der Waals surface area contributed by atoms with Gasteiger partial charge in [0.25, 0.3) is 0 Å². The lowest BCUT2D eigenvalue weighted by Crippen LogP contribution is -2.20. The highest BCUT2D eigenvalue weighted by Gasteiger charge is 1.96. The SMILES string of the molecule is CNC(=O)CCOCCOCCOCCN=[N+]=[N-]. The van der Waals surface area contributed by atoms with E-state index in [2.05, 4.69) is 15.3 Å². The molecule has 0 unspecified atom stereocenters. The Balaban J connectivity index is 3.03. The second-order valence-corrected chi connectivity index (χ2v) is 3.21. The van der Waals surface area contributed by atoms with Crippen LogP contribution in [-0.2, 0) is 19.0 Å². The first-order valence-electron chi connectivity index (χ1n) is 5.76. The molecule has 0 rings (SSSR count). The second kappa shape index (κ2) is 13.7. The molecule has 0 aromatic heterocycles. The van der Waals surface area contributed by atoms with E-state index in [1.807, 2.05) is 0 Å². The third kappa shape index (κ3) is 12.7. The van der Waals surface area contributed by atoms with E-state index in [4.69, 9.17) is 19.7 Å². The molecule has 8 nitrogen and oxygen atoms in total. The molecule has 0 radical (unpaired) electrons. The van der Waals surface area contributed by atoms with Crippen molar-refractivity contribution in [3.05, 3.63) is 10.4 Å². The molecule has 0 heterocycles. The van der Waals surface area contributed by atoms with Crippen molar-refractivity contribution in [3.63, 3.8) is 0 Å². The Morgan fingerprint density at radius 1 is 1.11 bits per heavy atom. The van der Waals surface area contributed by atoms with Gasteiger partial charge in [0.2, 0.25) is 5.91 Å². The van der Waals surface area contributed by atoms with Crippen LogP contribution in [-0.4, -0.2) is 59.1 Å². The van der Waals surface area contributed by atoms with Gasteiger partial charge in [-0.1, -0.05) is 5.11 Å². The molecule has 0 saturated carbocycles. The maximum Gasteiger partial charge on any atom is 0.222 e. The standard InChI is InChI=1S/C10H20N4O4/c1-12-10(15)2-4-16-6-8-18-9-7-17-5-3-13-14-11/h2-9H2,1H3,(H,12,15). The Morgan fingerprint density at radius 3 is 2.22 bits per heavy atom. The Kier molecular flexibility index (Phi) is 12.7. The van der Waals surface area contributed by atoms with E-state index in [0.29, 0.717) is 52.6 Å². The molecule has 0 spiro atoms. The first kappa shape index (κ1) is 16.7. The molecule has 0 aliphatic carbocycles. The lowest BCUT2D eigenvalue weighted by molar-refractivity contribution is -0.121. The van der Waals surface area contributed by atoms with E-state index in [0.717, 1.165) is 0 Å².